The molecule has 0 aliphatic heterocycles. The summed E-state index contributed by atoms with van der Waals surface area (Å²) in [6.07, 6.45) is 0. The first-order valence-corrected chi connectivity index (χ1v) is 5.97. The van der Waals surface area contributed by atoms with E-state index in [9.17, 15) is 9.90 Å². The second kappa shape index (κ2) is 5.97. The molecule has 0 saturated carbocycles. The van der Waals surface area contributed by atoms with E-state index in [1.54, 1.807) is 18.2 Å². The zero-order valence-corrected chi connectivity index (χ0v) is 11.2. The fraction of sp³-hybridized carbons (Fsp3) is 0.133. The van der Waals surface area contributed by atoms with Gasteiger partial charge < -0.3 is 19.9 Å². The number of carbonyl (C=O) groups excluding carboxylic acids is 1. The highest BCUT2D eigenvalue weighted by Crippen LogP contribution is 2.28. The van der Waals surface area contributed by atoms with E-state index in [0.29, 0.717) is 17.0 Å². The second-order valence-corrected chi connectivity index (χ2v) is 4.04. The smallest absolute Gasteiger partial charge is 0.255 e. The van der Waals surface area contributed by atoms with Gasteiger partial charge in [-0.05, 0) is 30.3 Å². The van der Waals surface area contributed by atoms with Gasteiger partial charge in [-0.15, -0.1) is 0 Å². The molecule has 5 nitrogen and oxygen atoms in total. The maximum absolute atomic E-state index is 12.2. The highest BCUT2D eigenvalue weighted by molar-refractivity contribution is 6.05. The van der Waals surface area contributed by atoms with Gasteiger partial charge in [0, 0.05) is 5.56 Å². The number of aromatic hydroxyl groups is 1. The Morgan fingerprint density at radius 2 is 1.75 bits per heavy atom. The van der Waals surface area contributed by atoms with Gasteiger partial charge in [0.2, 0.25) is 0 Å². The summed E-state index contributed by atoms with van der Waals surface area (Å²) in [6.45, 7) is 0. The molecule has 0 radical (unpaired) electrons. The number of carbonyl (C=O) groups is 1. The molecule has 0 aliphatic carbocycles. The molecule has 2 N–H and O–H groups in total. The Bertz CT molecular complexity index is 625. The van der Waals surface area contributed by atoms with Crippen molar-refractivity contribution >= 4 is 11.6 Å². The monoisotopic (exact) mass is 273 g/mol. The van der Waals surface area contributed by atoms with Gasteiger partial charge in [0.15, 0.2) is 11.5 Å². The first-order chi connectivity index (χ1) is 9.65. The fourth-order valence-corrected chi connectivity index (χ4v) is 1.76. The number of methoxy groups -OCH3 is 2. The summed E-state index contributed by atoms with van der Waals surface area (Å²) in [5, 5.41) is 12.3. The van der Waals surface area contributed by atoms with Crippen molar-refractivity contribution in [2.24, 2.45) is 0 Å². The van der Waals surface area contributed by atoms with Crippen LogP contribution in [0.3, 0.4) is 0 Å². The van der Waals surface area contributed by atoms with E-state index in [1.807, 2.05) is 6.07 Å². The summed E-state index contributed by atoms with van der Waals surface area (Å²) in [6, 6.07) is 11.5. The molecule has 0 saturated heterocycles. The molecule has 0 bridgehead atoms. The van der Waals surface area contributed by atoms with E-state index >= 15 is 0 Å². The molecule has 20 heavy (non-hydrogen) atoms. The van der Waals surface area contributed by atoms with Crippen molar-refractivity contribution in [1.29, 1.82) is 0 Å². The lowest BCUT2D eigenvalue weighted by molar-refractivity contribution is 0.102. The molecule has 0 spiro atoms. The van der Waals surface area contributed by atoms with Crippen molar-refractivity contribution in [2.45, 2.75) is 0 Å². The topological polar surface area (TPSA) is 67.8 Å². The first kappa shape index (κ1) is 13.7. The minimum absolute atomic E-state index is 0.0126. The van der Waals surface area contributed by atoms with Crippen LogP contribution in [0.25, 0.3) is 0 Å². The molecule has 0 aromatic heterocycles. The van der Waals surface area contributed by atoms with Crippen LogP contribution in [0.15, 0.2) is 42.5 Å². The van der Waals surface area contributed by atoms with Gasteiger partial charge in [-0.1, -0.05) is 12.1 Å². The van der Waals surface area contributed by atoms with E-state index in [-0.39, 0.29) is 17.4 Å². The number of phenolic OH excluding ortho intramolecular Hbond substituents is 1. The molecule has 0 heterocycles. The Kier molecular flexibility index (Phi) is 4.10. The van der Waals surface area contributed by atoms with Crippen LogP contribution in [-0.4, -0.2) is 25.2 Å². The minimum atomic E-state index is -0.312. The zero-order chi connectivity index (χ0) is 14.5. The molecule has 5 heteroatoms. The third-order valence-electron chi connectivity index (χ3n) is 2.80. The van der Waals surface area contributed by atoms with Gasteiger partial charge in [-0.3, -0.25) is 4.79 Å². The lowest BCUT2D eigenvalue weighted by atomic mass is 10.2. The van der Waals surface area contributed by atoms with Crippen molar-refractivity contribution in [3.63, 3.8) is 0 Å². The van der Waals surface area contributed by atoms with Crippen LogP contribution in [0.2, 0.25) is 0 Å². The van der Waals surface area contributed by atoms with Crippen molar-refractivity contribution in [3.05, 3.63) is 48.0 Å². The molecular weight excluding hydrogens is 258 g/mol. The predicted octanol–water partition coefficient (Wildman–Crippen LogP) is 2.66. The van der Waals surface area contributed by atoms with Crippen LogP contribution >= 0.6 is 0 Å². The zero-order valence-electron chi connectivity index (χ0n) is 11.2. The number of nitrogens with one attached hydrogen (secondary N) is 1. The third kappa shape index (κ3) is 2.83. The van der Waals surface area contributed by atoms with Crippen molar-refractivity contribution in [2.75, 3.05) is 19.5 Å². The Hall–Kier alpha value is -2.69. The van der Waals surface area contributed by atoms with Crippen LogP contribution < -0.4 is 14.8 Å². The van der Waals surface area contributed by atoms with Gasteiger partial charge in [-0.2, -0.15) is 0 Å². The second-order valence-electron chi connectivity index (χ2n) is 4.04. The lowest BCUT2D eigenvalue weighted by Crippen LogP contribution is -2.12. The molecule has 0 atom stereocenters. The molecule has 0 aliphatic rings. The number of anilines is 1. The number of phenols is 1. The van der Waals surface area contributed by atoms with Gasteiger partial charge in [-0.25, -0.2) is 0 Å². The van der Waals surface area contributed by atoms with Crippen LogP contribution in [0.4, 0.5) is 5.69 Å². The molecule has 0 fully saturated rings. The van der Waals surface area contributed by atoms with Crippen molar-refractivity contribution in [1.82, 2.24) is 0 Å². The van der Waals surface area contributed by atoms with Gasteiger partial charge in [0.1, 0.15) is 5.75 Å². The number of benzene rings is 2. The van der Waals surface area contributed by atoms with Crippen molar-refractivity contribution in [3.8, 4) is 17.2 Å². The fourth-order valence-electron chi connectivity index (χ4n) is 1.76. The Labute approximate surface area is 116 Å². The van der Waals surface area contributed by atoms with E-state index in [4.69, 9.17) is 9.47 Å². The molecule has 2 aromatic rings. The normalized spacial score (nSPS) is 9.90. The van der Waals surface area contributed by atoms with E-state index in [2.05, 4.69) is 5.32 Å². The highest BCUT2D eigenvalue weighted by atomic mass is 16.5. The van der Waals surface area contributed by atoms with Crippen LogP contribution in [-0.2, 0) is 0 Å². The van der Waals surface area contributed by atoms with Gasteiger partial charge in [0.05, 0.1) is 19.9 Å². The van der Waals surface area contributed by atoms with Crippen LogP contribution in [0, 0.1) is 0 Å². The molecule has 2 aromatic carbocycles. The number of para-hydroxylation sites is 2. The molecule has 1 amide bonds. The number of ether oxygens (including phenoxy) is 2. The number of amides is 1. The SMILES string of the molecule is COc1cc(C(=O)Nc2ccccc2OC)ccc1O. The van der Waals surface area contributed by atoms with Crippen LogP contribution in [0.5, 0.6) is 17.2 Å². The van der Waals surface area contributed by atoms with E-state index < -0.39 is 0 Å². The Balaban J connectivity index is 2.24. The van der Waals surface area contributed by atoms with Crippen LogP contribution in [0.1, 0.15) is 10.4 Å². The molecule has 104 valence electrons. The summed E-state index contributed by atoms with van der Waals surface area (Å²) < 4.78 is 10.1. The maximum atomic E-state index is 12.2. The largest absolute Gasteiger partial charge is 0.504 e. The third-order valence-corrected chi connectivity index (χ3v) is 2.80. The van der Waals surface area contributed by atoms with E-state index in [1.165, 1.54) is 32.4 Å². The quantitative estimate of drug-likeness (QED) is 0.898. The first-order valence-electron chi connectivity index (χ1n) is 5.97. The number of rotatable bonds is 4. The van der Waals surface area contributed by atoms with Gasteiger partial charge in [0.25, 0.3) is 5.91 Å². The predicted molar refractivity (Wildman–Crippen MR) is 75.6 cm³/mol. The summed E-state index contributed by atoms with van der Waals surface area (Å²) in [5.74, 6) is 0.499. The maximum Gasteiger partial charge on any atom is 0.255 e. The van der Waals surface area contributed by atoms with E-state index in [0.717, 1.165) is 0 Å². The minimum Gasteiger partial charge on any atom is -0.504 e. The summed E-state index contributed by atoms with van der Waals surface area (Å²) in [4.78, 5) is 12.2. The molecular formula is C15H15NO4. The standard InChI is InChI=1S/C15H15NO4/c1-19-13-6-4-3-5-11(13)16-15(18)10-7-8-12(17)14(9-10)20-2/h3-9,17H,1-2H3,(H,16,18). The summed E-state index contributed by atoms with van der Waals surface area (Å²) in [5.41, 5.74) is 0.956. The molecule has 0 unspecified atom stereocenters. The number of hydrogen-bond donors (Lipinski definition) is 2. The van der Waals surface area contributed by atoms with Crippen molar-refractivity contribution < 1.29 is 19.4 Å². The van der Waals surface area contributed by atoms with Gasteiger partial charge >= 0.3 is 0 Å². The summed E-state index contributed by atoms with van der Waals surface area (Å²) in [7, 11) is 2.96. The average Bonchev–Trinajstić information content (AvgIpc) is 2.48. The molecule has 2 rings (SSSR count). The highest BCUT2D eigenvalue weighted by Gasteiger charge is 2.11. The Morgan fingerprint density at radius 1 is 1.05 bits per heavy atom. The summed E-state index contributed by atoms with van der Waals surface area (Å²) >= 11 is 0. The number of hydrogen-bond acceptors (Lipinski definition) is 4. The average molecular weight is 273 g/mol. The Morgan fingerprint density at radius 3 is 2.45 bits per heavy atom. The lowest BCUT2D eigenvalue weighted by Gasteiger charge is -2.10.